The molecule has 2 aromatic rings. The largest absolute Gasteiger partial charge is 0.416 e. The first kappa shape index (κ1) is 21.6. The van der Waals surface area contributed by atoms with E-state index in [1.165, 1.54) is 0 Å². The molecular weight excluding hydrogens is 396 g/mol. The molecule has 1 fully saturated rings. The first-order valence-corrected chi connectivity index (χ1v) is 9.26. The highest BCUT2D eigenvalue weighted by atomic mass is 19.4. The van der Waals surface area contributed by atoms with Gasteiger partial charge in [-0.15, -0.1) is 0 Å². The van der Waals surface area contributed by atoms with E-state index in [4.69, 9.17) is 4.74 Å². The number of alkyl halides is 6. The summed E-state index contributed by atoms with van der Waals surface area (Å²) in [5, 5.41) is 3.26. The molecule has 2 aromatic carbocycles. The predicted octanol–water partition coefficient (Wildman–Crippen LogP) is 5.63. The zero-order valence-electron chi connectivity index (χ0n) is 15.5. The highest BCUT2D eigenvalue weighted by Gasteiger charge is 2.37. The summed E-state index contributed by atoms with van der Waals surface area (Å²) in [6, 6.07) is 11.4. The van der Waals surface area contributed by atoms with Gasteiger partial charge in [-0.2, -0.15) is 26.3 Å². The molecule has 0 amide bonds. The lowest BCUT2D eigenvalue weighted by Crippen LogP contribution is -2.37. The summed E-state index contributed by atoms with van der Waals surface area (Å²) >= 11 is 0. The Morgan fingerprint density at radius 1 is 0.897 bits per heavy atom. The third-order valence-electron chi connectivity index (χ3n) is 5.08. The van der Waals surface area contributed by atoms with E-state index in [1.807, 2.05) is 30.3 Å². The van der Waals surface area contributed by atoms with Gasteiger partial charge in [-0.3, -0.25) is 0 Å². The molecule has 8 heteroatoms. The monoisotopic (exact) mass is 417 g/mol. The van der Waals surface area contributed by atoms with Crippen LogP contribution in [0.3, 0.4) is 0 Å². The summed E-state index contributed by atoms with van der Waals surface area (Å²) in [6.07, 6.45) is -8.83. The molecule has 3 rings (SSSR count). The van der Waals surface area contributed by atoms with Crippen molar-refractivity contribution in [2.75, 3.05) is 19.7 Å². The van der Waals surface area contributed by atoms with Crippen molar-refractivity contribution in [1.82, 2.24) is 5.32 Å². The van der Waals surface area contributed by atoms with E-state index in [2.05, 4.69) is 5.32 Å². The van der Waals surface area contributed by atoms with Crippen LogP contribution in [0.2, 0.25) is 0 Å². The second kappa shape index (κ2) is 8.75. The van der Waals surface area contributed by atoms with Gasteiger partial charge in [0.25, 0.3) is 0 Å². The Labute approximate surface area is 164 Å². The molecule has 1 N–H and O–H groups in total. The lowest BCUT2D eigenvalue weighted by Gasteiger charge is -2.32. The molecule has 1 heterocycles. The highest BCUT2D eigenvalue weighted by molar-refractivity contribution is 5.33. The van der Waals surface area contributed by atoms with E-state index in [9.17, 15) is 26.3 Å². The number of ether oxygens (including phenoxy) is 1. The Hall–Kier alpha value is -2.06. The molecule has 0 saturated carbocycles. The number of nitrogens with one attached hydrogen (secondary N) is 1. The minimum absolute atomic E-state index is 0.0824. The van der Waals surface area contributed by atoms with Crippen LogP contribution in [0.4, 0.5) is 26.3 Å². The smallest absolute Gasteiger partial charge is 0.376 e. The molecule has 158 valence electrons. The van der Waals surface area contributed by atoms with Crippen LogP contribution in [-0.4, -0.2) is 19.7 Å². The van der Waals surface area contributed by atoms with E-state index in [0.717, 1.165) is 18.5 Å². The van der Waals surface area contributed by atoms with Crippen molar-refractivity contribution >= 4 is 0 Å². The van der Waals surface area contributed by atoms with Crippen molar-refractivity contribution in [2.24, 2.45) is 5.92 Å². The molecule has 29 heavy (non-hydrogen) atoms. The molecule has 0 unspecified atom stereocenters. The number of benzene rings is 2. The lowest BCUT2D eigenvalue weighted by molar-refractivity contribution is -0.143. The minimum atomic E-state index is -4.86. The molecule has 0 aromatic heterocycles. The maximum absolute atomic E-state index is 13.0. The fourth-order valence-electron chi connectivity index (χ4n) is 3.67. The quantitative estimate of drug-likeness (QED) is 0.637. The second-order valence-corrected chi connectivity index (χ2v) is 7.20. The van der Waals surface area contributed by atoms with Crippen LogP contribution in [0.25, 0.3) is 0 Å². The van der Waals surface area contributed by atoms with Crippen LogP contribution in [0.15, 0.2) is 48.5 Å². The van der Waals surface area contributed by atoms with Crippen molar-refractivity contribution in [1.29, 1.82) is 0 Å². The summed E-state index contributed by atoms with van der Waals surface area (Å²) in [5.74, 6) is 0.309. The molecule has 1 aliphatic heterocycles. The molecule has 2 nitrogen and oxygen atoms in total. The topological polar surface area (TPSA) is 21.3 Å². The molecular formula is C21H21F6NO. The number of rotatable bonds is 5. The van der Waals surface area contributed by atoms with E-state index in [-0.39, 0.29) is 36.7 Å². The van der Waals surface area contributed by atoms with E-state index >= 15 is 0 Å². The summed E-state index contributed by atoms with van der Waals surface area (Å²) in [7, 11) is 0. The summed E-state index contributed by atoms with van der Waals surface area (Å²) in [5.41, 5.74) is -1.65. The molecule has 1 saturated heterocycles. The standard InChI is InChI=1S/C21H21F6NO/c22-20(23,24)17-8-14(9-18(10-17)21(25,26)27)12-29-13-16-11-28-7-6-19(16)15-4-2-1-3-5-15/h1-5,8-10,16,19,28H,6-7,11-13H2/t16-,19+/m0/s1. The van der Waals surface area contributed by atoms with Crippen LogP contribution in [-0.2, 0) is 23.7 Å². The minimum Gasteiger partial charge on any atom is -0.376 e. The Bertz CT molecular complexity index is 771. The van der Waals surface area contributed by atoms with Crippen molar-refractivity contribution in [2.45, 2.75) is 31.3 Å². The Kier molecular flexibility index (Phi) is 6.53. The van der Waals surface area contributed by atoms with Crippen LogP contribution in [0.5, 0.6) is 0 Å². The van der Waals surface area contributed by atoms with E-state index in [0.29, 0.717) is 18.7 Å². The third-order valence-corrected chi connectivity index (χ3v) is 5.08. The SMILES string of the molecule is FC(F)(F)c1cc(COC[C@@H]2CNCC[C@@H]2c2ccccc2)cc(C(F)(F)F)c1. The second-order valence-electron chi connectivity index (χ2n) is 7.20. The maximum Gasteiger partial charge on any atom is 0.416 e. The van der Waals surface area contributed by atoms with Crippen molar-refractivity contribution in [3.8, 4) is 0 Å². The van der Waals surface area contributed by atoms with Gasteiger partial charge in [-0.1, -0.05) is 30.3 Å². The Morgan fingerprint density at radius 2 is 1.52 bits per heavy atom. The highest BCUT2D eigenvalue weighted by Crippen LogP contribution is 2.36. The Balaban J connectivity index is 1.70. The summed E-state index contributed by atoms with van der Waals surface area (Å²) in [4.78, 5) is 0. The van der Waals surface area contributed by atoms with Gasteiger partial charge in [-0.05, 0) is 48.2 Å². The molecule has 0 aliphatic carbocycles. The summed E-state index contributed by atoms with van der Waals surface area (Å²) < 4.78 is 83.4. The zero-order valence-corrected chi connectivity index (χ0v) is 15.5. The fourth-order valence-corrected chi connectivity index (χ4v) is 3.67. The van der Waals surface area contributed by atoms with E-state index in [1.54, 1.807) is 0 Å². The third kappa shape index (κ3) is 5.73. The molecule has 0 spiro atoms. The van der Waals surface area contributed by atoms with Crippen LogP contribution in [0.1, 0.15) is 34.6 Å². The van der Waals surface area contributed by atoms with Gasteiger partial charge in [0.2, 0.25) is 0 Å². The summed E-state index contributed by atoms with van der Waals surface area (Å²) in [6.45, 7) is 1.45. The first-order chi connectivity index (χ1) is 13.6. The lowest BCUT2D eigenvalue weighted by atomic mass is 9.81. The number of hydrogen-bond acceptors (Lipinski definition) is 2. The number of halogens is 6. The van der Waals surface area contributed by atoms with Crippen molar-refractivity contribution < 1.29 is 31.1 Å². The van der Waals surface area contributed by atoms with E-state index < -0.39 is 23.5 Å². The molecule has 2 atom stereocenters. The van der Waals surface area contributed by atoms with Crippen molar-refractivity contribution in [3.63, 3.8) is 0 Å². The van der Waals surface area contributed by atoms with Crippen LogP contribution in [0, 0.1) is 5.92 Å². The number of piperidine rings is 1. The van der Waals surface area contributed by atoms with Crippen LogP contribution < -0.4 is 5.32 Å². The van der Waals surface area contributed by atoms with Gasteiger partial charge >= 0.3 is 12.4 Å². The van der Waals surface area contributed by atoms with Gasteiger partial charge in [0.05, 0.1) is 24.3 Å². The zero-order chi connectivity index (χ0) is 21.1. The molecule has 0 radical (unpaired) electrons. The van der Waals surface area contributed by atoms with Crippen molar-refractivity contribution in [3.05, 3.63) is 70.8 Å². The number of hydrogen-bond donors (Lipinski definition) is 1. The van der Waals surface area contributed by atoms with Gasteiger partial charge in [0, 0.05) is 12.5 Å². The normalized spacial score (nSPS) is 20.6. The molecule has 1 aliphatic rings. The van der Waals surface area contributed by atoms with Gasteiger partial charge in [-0.25, -0.2) is 0 Å². The first-order valence-electron chi connectivity index (χ1n) is 9.26. The maximum atomic E-state index is 13.0. The average molecular weight is 417 g/mol. The fraction of sp³-hybridized carbons (Fsp3) is 0.429. The Morgan fingerprint density at radius 3 is 2.10 bits per heavy atom. The predicted molar refractivity (Wildman–Crippen MR) is 96.3 cm³/mol. The van der Waals surface area contributed by atoms with Gasteiger partial charge in [0.1, 0.15) is 0 Å². The van der Waals surface area contributed by atoms with Crippen LogP contribution >= 0.6 is 0 Å². The molecule has 0 bridgehead atoms. The van der Waals surface area contributed by atoms with Gasteiger partial charge in [0.15, 0.2) is 0 Å². The van der Waals surface area contributed by atoms with Gasteiger partial charge < -0.3 is 10.1 Å². The average Bonchev–Trinajstić information content (AvgIpc) is 2.67.